The molecule has 1 N–H and O–H groups in total. The van der Waals surface area contributed by atoms with E-state index in [4.69, 9.17) is 9.47 Å². The lowest BCUT2D eigenvalue weighted by molar-refractivity contribution is -0.151. The quantitative estimate of drug-likeness (QED) is 0.673. The number of amides is 1. The van der Waals surface area contributed by atoms with Crippen molar-refractivity contribution >= 4 is 11.9 Å². The zero-order chi connectivity index (χ0) is 20.5. The Bertz CT molecular complexity index is 756. The fourth-order valence-electron chi connectivity index (χ4n) is 2.88. The fourth-order valence-corrected chi connectivity index (χ4v) is 2.88. The Balaban J connectivity index is 2.06. The zero-order valence-corrected chi connectivity index (χ0v) is 17.0. The fraction of sp³-hybridized carbons (Fsp3) is 0.391. The molecule has 0 fully saturated rings. The average Bonchev–Trinajstić information content (AvgIpc) is 2.68. The van der Waals surface area contributed by atoms with Gasteiger partial charge in [0.05, 0.1) is 13.2 Å². The maximum absolute atomic E-state index is 12.7. The van der Waals surface area contributed by atoms with E-state index >= 15 is 0 Å². The molecule has 0 radical (unpaired) electrons. The lowest BCUT2D eigenvalue weighted by Crippen LogP contribution is -2.46. The number of esters is 1. The Morgan fingerprint density at radius 2 is 1.50 bits per heavy atom. The summed E-state index contributed by atoms with van der Waals surface area (Å²) in [6, 6.07) is 16.5. The standard InChI is InChI=1S/C23H29NO4/c1-16(2)28-23(26)21(15-19-10-12-20(27-4)13-11-19)24-22(25)17(3)14-18-8-6-5-7-9-18/h5-13,16-17,21H,14-15H2,1-4H3,(H,24,25)/t17-,21+/m1/s1. The summed E-state index contributed by atoms with van der Waals surface area (Å²) >= 11 is 0. The first-order valence-electron chi connectivity index (χ1n) is 9.56. The van der Waals surface area contributed by atoms with E-state index in [1.807, 2.05) is 61.5 Å². The van der Waals surface area contributed by atoms with Crippen LogP contribution in [-0.2, 0) is 27.2 Å². The van der Waals surface area contributed by atoms with Crippen LogP contribution in [0.25, 0.3) is 0 Å². The first-order chi connectivity index (χ1) is 13.4. The maximum Gasteiger partial charge on any atom is 0.329 e. The first kappa shape index (κ1) is 21.5. The monoisotopic (exact) mass is 383 g/mol. The van der Waals surface area contributed by atoms with Gasteiger partial charge in [-0.05, 0) is 43.5 Å². The van der Waals surface area contributed by atoms with Crippen molar-refractivity contribution in [2.24, 2.45) is 5.92 Å². The molecule has 2 aromatic carbocycles. The second-order valence-corrected chi connectivity index (χ2v) is 7.19. The van der Waals surface area contributed by atoms with Crippen LogP contribution in [0.1, 0.15) is 31.9 Å². The van der Waals surface area contributed by atoms with Gasteiger partial charge in [0.15, 0.2) is 0 Å². The second-order valence-electron chi connectivity index (χ2n) is 7.19. The maximum atomic E-state index is 12.7. The third-order valence-corrected chi connectivity index (χ3v) is 4.38. The molecule has 0 saturated heterocycles. The van der Waals surface area contributed by atoms with E-state index in [0.717, 1.165) is 16.9 Å². The van der Waals surface area contributed by atoms with Gasteiger partial charge < -0.3 is 14.8 Å². The SMILES string of the molecule is COc1ccc(C[C@H](NC(=O)[C@H](C)Cc2ccccc2)C(=O)OC(C)C)cc1. The van der Waals surface area contributed by atoms with Crippen molar-refractivity contribution in [3.8, 4) is 5.75 Å². The van der Waals surface area contributed by atoms with Crippen molar-refractivity contribution in [2.75, 3.05) is 7.11 Å². The highest BCUT2D eigenvalue weighted by atomic mass is 16.5. The number of ether oxygens (including phenoxy) is 2. The molecule has 0 unspecified atom stereocenters. The van der Waals surface area contributed by atoms with E-state index in [9.17, 15) is 9.59 Å². The molecule has 0 aliphatic heterocycles. The average molecular weight is 383 g/mol. The summed E-state index contributed by atoms with van der Waals surface area (Å²) in [5.41, 5.74) is 2.00. The molecule has 0 heterocycles. The Labute approximate surface area is 167 Å². The third kappa shape index (κ3) is 6.72. The number of benzene rings is 2. The largest absolute Gasteiger partial charge is 0.497 e. The van der Waals surface area contributed by atoms with Crippen molar-refractivity contribution in [3.05, 3.63) is 65.7 Å². The van der Waals surface area contributed by atoms with E-state index in [1.165, 1.54) is 0 Å². The van der Waals surface area contributed by atoms with Crippen molar-refractivity contribution in [1.82, 2.24) is 5.32 Å². The van der Waals surface area contributed by atoms with Crippen LogP contribution < -0.4 is 10.1 Å². The molecule has 2 rings (SSSR count). The van der Waals surface area contributed by atoms with E-state index in [1.54, 1.807) is 21.0 Å². The van der Waals surface area contributed by atoms with Crippen LogP contribution >= 0.6 is 0 Å². The molecule has 0 aliphatic rings. The molecule has 0 bridgehead atoms. The van der Waals surface area contributed by atoms with Crippen LogP contribution in [0, 0.1) is 5.92 Å². The van der Waals surface area contributed by atoms with Gasteiger partial charge in [0.2, 0.25) is 5.91 Å². The minimum absolute atomic E-state index is 0.164. The third-order valence-electron chi connectivity index (χ3n) is 4.38. The topological polar surface area (TPSA) is 64.6 Å². The van der Waals surface area contributed by atoms with Crippen LogP contribution in [-0.4, -0.2) is 31.1 Å². The Hall–Kier alpha value is -2.82. The molecule has 150 valence electrons. The van der Waals surface area contributed by atoms with Gasteiger partial charge in [-0.1, -0.05) is 49.4 Å². The number of carbonyl (C=O) groups excluding carboxylic acids is 2. The highest BCUT2D eigenvalue weighted by Crippen LogP contribution is 2.14. The van der Waals surface area contributed by atoms with Crippen LogP contribution in [0.5, 0.6) is 5.75 Å². The van der Waals surface area contributed by atoms with Gasteiger partial charge in [0.1, 0.15) is 11.8 Å². The predicted octanol–water partition coefficient (Wildman–Crippen LogP) is 3.55. The smallest absolute Gasteiger partial charge is 0.329 e. The molecule has 5 nitrogen and oxygen atoms in total. The number of methoxy groups -OCH3 is 1. The summed E-state index contributed by atoms with van der Waals surface area (Å²) in [5.74, 6) is -0.104. The summed E-state index contributed by atoms with van der Waals surface area (Å²) < 4.78 is 10.5. The number of hydrogen-bond donors (Lipinski definition) is 1. The molecule has 1 amide bonds. The van der Waals surface area contributed by atoms with Crippen LogP contribution in [0.3, 0.4) is 0 Å². The van der Waals surface area contributed by atoms with Crippen molar-refractivity contribution in [2.45, 2.75) is 45.8 Å². The molecule has 2 atom stereocenters. The van der Waals surface area contributed by atoms with Gasteiger partial charge in [-0.15, -0.1) is 0 Å². The number of nitrogens with one attached hydrogen (secondary N) is 1. The summed E-state index contributed by atoms with van der Waals surface area (Å²) in [7, 11) is 1.60. The summed E-state index contributed by atoms with van der Waals surface area (Å²) in [6.07, 6.45) is 0.727. The molecule has 0 aromatic heterocycles. The van der Waals surface area contributed by atoms with Gasteiger partial charge in [-0.3, -0.25) is 4.79 Å². The molecular formula is C23H29NO4. The van der Waals surface area contributed by atoms with Crippen molar-refractivity contribution in [1.29, 1.82) is 0 Å². The molecule has 0 saturated carbocycles. The number of hydrogen-bond acceptors (Lipinski definition) is 4. The molecular weight excluding hydrogens is 354 g/mol. The number of rotatable bonds is 9. The van der Waals surface area contributed by atoms with Gasteiger partial charge in [0, 0.05) is 12.3 Å². The van der Waals surface area contributed by atoms with E-state index < -0.39 is 12.0 Å². The van der Waals surface area contributed by atoms with Crippen molar-refractivity contribution < 1.29 is 19.1 Å². The predicted molar refractivity (Wildman–Crippen MR) is 109 cm³/mol. The van der Waals surface area contributed by atoms with Gasteiger partial charge in [-0.25, -0.2) is 4.79 Å². The molecule has 2 aromatic rings. The Morgan fingerprint density at radius 3 is 2.07 bits per heavy atom. The number of carbonyl (C=O) groups is 2. The van der Waals surface area contributed by atoms with Gasteiger partial charge in [0.25, 0.3) is 0 Å². The Morgan fingerprint density at radius 1 is 0.893 bits per heavy atom. The van der Waals surface area contributed by atoms with Gasteiger partial charge >= 0.3 is 5.97 Å². The van der Waals surface area contributed by atoms with Crippen LogP contribution in [0.15, 0.2) is 54.6 Å². The highest BCUT2D eigenvalue weighted by Gasteiger charge is 2.26. The lowest BCUT2D eigenvalue weighted by Gasteiger charge is -2.21. The summed E-state index contributed by atoms with van der Waals surface area (Å²) in [4.78, 5) is 25.2. The summed E-state index contributed by atoms with van der Waals surface area (Å²) in [6.45, 7) is 5.45. The van der Waals surface area contributed by atoms with E-state index in [0.29, 0.717) is 12.8 Å². The first-order valence-corrected chi connectivity index (χ1v) is 9.56. The lowest BCUT2D eigenvalue weighted by atomic mass is 9.99. The molecule has 5 heteroatoms. The Kier molecular flexibility index (Phi) is 8.05. The minimum atomic E-state index is -0.735. The van der Waals surface area contributed by atoms with Crippen LogP contribution in [0.4, 0.5) is 0 Å². The molecule has 0 aliphatic carbocycles. The zero-order valence-electron chi connectivity index (χ0n) is 17.0. The normalized spacial score (nSPS) is 12.9. The minimum Gasteiger partial charge on any atom is -0.497 e. The van der Waals surface area contributed by atoms with Crippen molar-refractivity contribution in [3.63, 3.8) is 0 Å². The van der Waals surface area contributed by atoms with E-state index in [2.05, 4.69) is 5.32 Å². The van der Waals surface area contributed by atoms with Gasteiger partial charge in [-0.2, -0.15) is 0 Å². The highest BCUT2D eigenvalue weighted by molar-refractivity contribution is 5.86. The molecule has 28 heavy (non-hydrogen) atoms. The molecule has 0 spiro atoms. The van der Waals surface area contributed by atoms with Crippen LogP contribution in [0.2, 0.25) is 0 Å². The summed E-state index contributed by atoms with van der Waals surface area (Å²) in [5, 5.41) is 2.87. The van der Waals surface area contributed by atoms with E-state index in [-0.39, 0.29) is 17.9 Å². The second kappa shape index (κ2) is 10.5.